The summed E-state index contributed by atoms with van der Waals surface area (Å²) >= 11 is 1.37. The maximum Gasteiger partial charge on any atom is 0.337 e. The quantitative estimate of drug-likeness (QED) is 0.329. The molecule has 0 bridgehead atoms. The van der Waals surface area contributed by atoms with Crippen LogP contribution in [0.4, 0.5) is 0 Å². The summed E-state index contributed by atoms with van der Waals surface area (Å²) in [6.45, 7) is 2.42. The number of esters is 1. The van der Waals surface area contributed by atoms with Crippen molar-refractivity contribution in [3.05, 3.63) is 120 Å². The van der Waals surface area contributed by atoms with E-state index in [2.05, 4.69) is 18.2 Å². The lowest BCUT2D eigenvalue weighted by Crippen LogP contribution is -2.38. The molecule has 7 nitrogen and oxygen atoms in total. The topological polar surface area (TPSA) is 79.1 Å². The molecule has 2 heterocycles. The second kappa shape index (κ2) is 10.6. The SMILES string of the molecule is CCOc1cc(C=c2sc3n(c2=O)C(c2ccc(C(=O)OC)cc2)C2=C(N=3)c3ccccc3CC2)ccc1OC. The van der Waals surface area contributed by atoms with Crippen molar-refractivity contribution < 1.29 is 19.0 Å². The molecule has 4 aromatic rings. The van der Waals surface area contributed by atoms with Gasteiger partial charge in [0.25, 0.3) is 5.56 Å². The molecule has 40 heavy (non-hydrogen) atoms. The first-order valence-corrected chi connectivity index (χ1v) is 14.0. The molecule has 6 rings (SSSR count). The van der Waals surface area contributed by atoms with Crippen LogP contribution in [0.5, 0.6) is 11.5 Å². The lowest BCUT2D eigenvalue weighted by atomic mass is 9.83. The zero-order valence-electron chi connectivity index (χ0n) is 22.5. The van der Waals surface area contributed by atoms with Crippen LogP contribution in [0.25, 0.3) is 11.8 Å². The van der Waals surface area contributed by atoms with Crippen molar-refractivity contribution in [3.63, 3.8) is 0 Å². The van der Waals surface area contributed by atoms with Gasteiger partial charge in [-0.3, -0.25) is 9.36 Å². The van der Waals surface area contributed by atoms with Gasteiger partial charge in [-0.2, -0.15) is 0 Å². The van der Waals surface area contributed by atoms with Crippen molar-refractivity contribution in [1.29, 1.82) is 0 Å². The van der Waals surface area contributed by atoms with Crippen LogP contribution >= 0.6 is 11.3 Å². The molecular formula is C32H28N2O5S. The average molecular weight is 553 g/mol. The van der Waals surface area contributed by atoms with Gasteiger partial charge in [0, 0.05) is 5.56 Å². The van der Waals surface area contributed by atoms with Crippen molar-refractivity contribution in [2.75, 3.05) is 20.8 Å². The van der Waals surface area contributed by atoms with Crippen LogP contribution in [0, 0.1) is 0 Å². The number of aromatic nitrogens is 1. The maximum atomic E-state index is 14.0. The molecule has 0 fully saturated rings. The van der Waals surface area contributed by atoms with E-state index in [1.807, 2.05) is 49.4 Å². The third kappa shape index (κ3) is 4.44. The van der Waals surface area contributed by atoms with Gasteiger partial charge in [-0.05, 0) is 72.4 Å². The number of fused-ring (bicyclic) bond motifs is 3. The number of carbonyl (C=O) groups is 1. The number of benzene rings is 3. The molecular weight excluding hydrogens is 524 g/mol. The predicted octanol–water partition coefficient (Wildman–Crippen LogP) is 4.51. The fourth-order valence-electron chi connectivity index (χ4n) is 5.44. The number of nitrogens with zero attached hydrogens (tertiary/aromatic N) is 2. The molecule has 1 unspecified atom stereocenters. The van der Waals surface area contributed by atoms with Gasteiger partial charge in [-0.25, -0.2) is 9.79 Å². The van der Waals surface area contributed by atoms with Gasteiger partial charge < -0.3 is 14.2 Å². The Morgan fingerprint density at radius 2 is 1.85 bits per heavy atom. The molecule has 0 radical (unpaired) electrons. The minimum Gasteiger partial charge on any atom is -0.493 e. The van der Waals surface area contributed by atoms with Crippen LogP contribution in [0.2, 0.25) is 0 Å². The Kier molecular flexibility index (Phi) is 6.86. The van der Waals surface area contributed by atoms with Crippen LogP contribution < -0.4 is 24.4 Å². The second-order valence-electron chi connectivity index (χ2n) is 9.57. The van der Waals surface area contributed by atoms with Crippen molar-refractivity contribution in [2.24, 2.45) is 4.99 Å². The van der Waals surface area contributed by atoms with Crippen LogP contribution in [0.3, 0.4) is 0 Å². The van der Waals surface area contributed by atoms with E-state index in [-0.39, 0.29) is 11.6 Å². The molecule has 0 N–H and O–H groups in total. The normalized spacial score (nSPS) is 16.0. The van der Waals surface area contributed by atoms with E-state index in [4.69, 9.17) is 19.2 Å². The van der Waals surface area contributed by atoms with Crippen LogP contribution in [0.1, 0.15) is 52.0 Å². The number of ether oxygens (including phenoxy) is 3. The first-order chi connectivity index (χ1) is 19.5. The van der Waals surface area contributed by atoms with Gasteiger partial charge >= 0.3 is 5.97 Å². The van der Waals surface area contributed by atoms with Gasteiger partial charge in [0.05, 0.1) is 42.7 Å². The van der Waals surface area contributed by atoms with Gasteiger partial charge in [-0.15, -0.1) is 0 Å². The van der Waals surface area contributed by atoms with E-state index < -0.39 is 5.97 Å². The standard InChI is InChI=1S/C32H28N2O5S/c1-4-39-26-17-19(9-16-25(26)37-2)18-27-30(35)34-29(21-10-12-22(13-11-21)31(36)38-3)24-15-14-20-7-5-6-8-23(20)28(24)33-32(34)40-27/h5-13,16-18,29H,4,14-15H2,1-3H3. The predicted molar refractivity (Wildman–Crippen MR) is 155 cm³/mol. The second-order valence-corrected chi connectivity index (χ2v) is 10.6. The van der Waals surface area contributed by atoms with E-state index in [1.165, 1.54) is 24.0 Å². The number of carbonyl (C=O) groups excluding carboxylic acids is 1. The Bertz CT molecular complexity index is 1830. The molecule has 1 aromatic heterocycles. The average Bonchev–Trinajstić information content (AvgIpc) is 3.30. The highest BCUT2D eigenvalue weighted by atomic mass is 32.1. The van der Waals surface area contributed by atoms with Crippen LogP contribution in [-0.2, 0) is 11.2 Å². The summed E-state index contributed by atoms with van der Waals surface area (Å²) in [4.78, 5) is 31.8. The number of hydrogen-bond donors (Lipinski definition) is 0. The van der Waals surface area contributed by atoms with Crippen molar-refractivity contribution in [1.82, 2.24) is 4.57 Å². The largest absolute Gasteiger partial charge is 0.493 e. The molecule has 1 aliphatic heterocycles. The summed E-state index contributed by atoms with van der Waals surface area (Å²) in [5.74, 6) is 0.872. The molecule has 3 aromatic carbocycles. The molecule has 0 saturated heterocycles. The number of allylic oxidation sites excluding steroid dienone is 1. The Morgan fingerprint density at radius 1 is 1.05 bits per heavy atom. The molecule has 1 atom stereocenters. The Balaban J connectivity index is 1.54. The third-order valence-electron chi connectivity index (χ3n) is 7.31. The number of rotatable bonds is 6. The minimum atomic E-state index is -0.395. The summed E-state index contributed by atoms with van der Waals surface area (Å²) in [7, 11) is 2.97. The first-order valence-electron chi connectivity index (χ1n) is 13.1. The highest BCUT2D eigenvalue weighted by Crippen LogP contribution is 2.41. The highest BCUT2D eigenvalue weighted by Gasteiger charge is 2.32. The fraction of sp³-hybridized carbons (Fsp3) is 0.219. The molecule has 2 aliphatic rings. The fourth-order valence-corrected chi connectivity index (χ4v) is 6.45. The summed E-state index contributed by atoms with van der Waals surface area (Å²) in [5, 5.41) is 0. The van der Waals surface area contributed by atoms with Crippen LogP contribution in [-0.4, -0.2) is 31.4 Å². The first kappa shape index (κ1) is 25.8. The van der Waals surface area contributed by atoms with E-state index in [1.54, 1.807) is 23.8 Å². The Morgan fingerprint density at radius 3 is 2.60 bits per heavy atom. The molecule has 8 heteroatoms. The minimum absolute atomic E-state index is 0.106. The number of aryl methyl sites for hydroxylation is 1. The number of thiazole rings is 1. The zero-order valence-corrected chi connectivity index (χ0v) is 23.3. The van der Waals surface area contributed by atoms with E-state index in [0.717, 1.165) is 40.8 Å². The monoisotopic (exact) mass is 552 g/mol. The smallest absolute Gasteiger partial charge is 0.337 e. The molecule has 0 spiro atoms. The lowest BCUT2D eigenvalue weighted by molar-refractivity contribution is 0.0600. The number of hydrogen-bond acceptors (Lipinski definition) is 7. The summed E-state index contributed by atoms with van der Waals surface area (Å²) in [6.07, 6.45) is 3.54. The third-order valence-corrected chi connectivity index (χ3v) is 8.29. The zero-order chi connectivity index (χ0) is 27.8. The van der Waals surface area contributed by atoms with E-state index >= 15 is 0 Å². The van der Waals surface area contributed by atoms with Crippen molar-refractivity contribution >= 4 is 29.1 Å². The van der Waals surface area contributed by atoms with Crippen molar-refractivity contribution in [3.8, 4) is 11.5 Å². The number of methoxy groups -OCH3 is 2. The lowest BCUT2D eigenvalue weighted by Gasteiger charge is -2.30. The molecule has 1 aliphatic carbocycles. The Labute approximate surface area is 235 Å². The van der Waals surface area contributed by atoms with E-state index in [9.17, 15) is 9.59 Å². The summed E-state index contributed by atoms with van der Waals surface area (Å²) in [5.41, 5.74) is 6.51. The molecule has 0 amide bonds. The van der Waals surface area contributed by atoms with Crippen LogP contribution in [0.15, 0.2) is 82.1 Å². The maximum absolute atomic E-state index is 14.0. The van der Waals surface area contributed by atoms with E-state index in [0.29, 0.717) is 33.0 Å². The molecule has 0 saturated carbocycles. The Hall–Kier alpha value is -4.43. The summed E-state index contributed by atoms with van der Waals surface area (Å²) in [6, 6.07) is 20.9. The van der Waals surface area contributed by atoms with Crippen molar-refractivity contribution in [2.45, 2.75) is 25.8 Å². The van der Waals surface area contributed by atoms with Gasteiger partial charge in [0.2, 0.25) is 0 Å². The van der Waals surface area contributed by atoms with Gasteiger partial charge in [0.1, 0.15) is 0 Å². The highest BCUT2D eigenvalue weighted by molar-refractivity contribution is 7.07. The van der Waals surface area contributed by atoms with Gasteiger partial charge in [0.15, 0.2) is 16.3 Å². The van der Waals surface area contributed by atoms with Gasteiger partial charge in [-0.1, -0.05) is 53.8 Å². The summed E-state index contributed by atoms with van der Waals surface area (Å²) < 4.78 is 18.4. The molecule has 202 valence electrons.